The van der Waals surface area contributed by atoms with Crippen LogP contribution in [-0.2, 0) is 11.3 Å². The highest BCUT2D eigenvalue weighted by molar-refractivity contribution is 5.85. The summed E-state index contributed by atoms with van der Waals surface area (Å²) in [7, 11) is 0. The Morgan fingerprint density at radius 3 is 2.69 bits per heavy atom. The molecule has 2 unspecified atom stereocenters. The molecule has 0 spiro atoms. The molecule has 0 radical (unpaired) electrons. The average Bonchev–Trinajstić information content (AvgIpc) is 3.27. The van der Waals surface area contributed by atoms with E-state index >= 15 is 0 Å². The van der Waals surface area contributed by atoms with Gasteiger partial charge in [-0.2, -0.15) is 9.97 Å². The lowest BCUT2D eigenvalue weighted by atomic mass is 10.2. The van der Waals surface area contributed by atoms with Crippen molar-refractivity contribution in [2.45, 2.75) is 58.0 Å². The van der Waals surface area contributed by atoms with Crippen LogP contribution in [0, 0.1) is 0 Å². The van der Waals surface area contributed by atoms with Crippen LogP contribution >= 0.6 is 0 Å². The van der Waals surface area contributed by atoms with Crippen LogP contribution in [0.25, 0.3) is 11.2 Å². The van der Waals surface area contributed by atoms with Gasteiger partial charge in [0.05, 0.1) is 18.5 Å². The van der Waals surface area contributed by atoms with E-state index in [1.54, 1.807) is 27.1 Å². The summed E-state index contributed by atoms with van der Waals surface area (Å²) in [6.07, 6.45) is 1.55. The van der Waals surface area contributed by atoms with Gasteiger partial charge in [0.25, 0.3) is 0 Å². The van der Waals surface area contributed by atoms with Gasteiger partial charge in [0.15, 0.2) is 11.2 Å². The van der Waals surface area contributed by atoms with E-state index in [4.69, 9.17) is 9.47 Å². The van der Waals surface area contributed by atoms with Crippen molar-refractivity contribution >= 4 is 23.2 Å². The van der Waals surface area contributed by atoms with Gasteiger partial charge < -0.3 is 19.1 Å². The third kappa shape index (κ3) is 4.88. The lowest BCUT2D eigenvalue weighted by Gasteiger charge is -2.19. The molecule has 0 saturated heterocycles. The largest absolute Gasteiger partial charge is 0.471 e. The second-order valence-corrected chi connectivity index (χ2v) is 8.85. The summed E-state index contributed by atoms with van der Waals surface area (Å²) in [6, 6.07) is 9.52. The number of benzene rings is 1. The van der Waals surface area contributed by atoms with E-state index in [-0.39, 0.29) is 24.5 Å². The van der Waals surface area contributed by atoms with E-state index in [2.05, 4.69) is 26.8 Å². The Kier molecular flexibility index (Phi) is 5.84. The Labute approximate surface area is 186 Å². The molecule has 9 heteroatoms. The average molecular weight is 438 g/mol. The van der Waals surface area contributed by atoms with Crippen molar-refractivity contribution in [3.63, 3.8) is 0 Å². The van der Waals surface area contributed by atoms with Gasteiger partial charge in [0.2, 0.25) is 11.8 Å². The number of anilines is 1. The third-order valence-electron chi connectivity index (χ3n) is 5.02. The number of imidazole rings is 1. The molecule has 1 amide bonds. The first-order valence-electron chi connectivity index (χ1n) is 10.5. The molecule has 0 bridgehead atoms. The summed E-state index contributed by atoms with van der Waals surface area (Å²) >= 11 is 0. The first-order chi connectivity index (χ1) is 15.2. The lowest BCUT2D eigenvalue weighted by Crippen LogP contribution is -2.28. The molecule has 1 aliphatic rings. The maximum Gasteiger partial charge on any atom is 0.414 e. The molecule has 0 aliphatic heterocycles. The number of amides is 1. The van der Waals surface area contributed by atoms with Gasteiger partial charge in [-0.15, -0.1) is 0 Å². The van der Waals surface area contributed by atoms with Crippen molar-refractivity contribution in [2.24, 2.45) is 0 Å². The SMILES string of the molecule is C=C1CC(O)CC1n1cnc2c(OCc3ccccc3)nc(NC(=O)OC(C)(C)C)nc21. The molecule has 2 heterocycles. The number of fused-ring (bicyclic) bond motifs is 1. The highest BCUT2D eigenvalue weighted by atomic mass is 16.6. The number of hydrogen-bond donors (Lipinski definition) is 2. The van der Waals surface area contributed by atoms with Crippen LogP contribution in [0.2, 0.25) is 0 Å². The fraction of sp³-hybridized carbons (Fsp3) is 0.391. The van der Waals surface area contributed by atoms with Gasteiger partial charge in [0, 0.05) is 0 Å². The van der Waals surface area contributed by atoms with E-state index in [9.17, 15) is 9.90 Å². The number of aliphatic hydroxyl groups is 1. The minimum absolute atomic E-state index is 0.0423. The van der Waals surface area contributed by atoms with Crippen molar-refractivity contribution in [1.82, 2.24) is 19.5 Å². The van der Waals surface area contributed by atoms with Crippen molar-refractivity contribution in [1.29, 1.82) is 0 Å². The Bertz CT molecular complexity index is 1140. The Morgan fingerprint density at radius 2 is 2.03 bits per heavy atom. The smallest absolute Gasteiger partial charge is 0.414 e. The van der Waals surface area contributed by atoms with Gasteiger partial charge in [-0.1, -0.05) is 42.5 Å². The maximum absolute atomic E-state index is 12.3. The highest BCUT2D eigenvalue weighted by Gasteiger charge is 2.30. The molecule has 168 valence electrons. The van der Waals surface area contributed by atoms with Crippen LogP contribution in [0.3, 0.4) is 0 Å². The number of ether oxygens (including phenoxy) is 2. The van der Waals surface area contributed by atoms with Crippen LogP contribution in [0.5, 0.6) is 5.88 Å². The number of hydrogen-bond acceptors (Lipinski definition) is 7. The van der Waals surface area contributed by atoms with Crippen molar-refractivity contribution in [3.05, 3.63) is 54.4 Å². The van der Waals surface area contributed by atoms with Gasteiger partial charge in [-0.05, 0) is 39.2 Å². The number of nitrogens with one attached hydrogen (secondary N) is 1. The van der Waals surface area contributed by atoms with Gasteiger partial charge >= 0.3 is 6.09 Å². The molecule has 1 fully saturated rings. The van der Waals surface area contributed by atoms with E-state index in [0.29, 0.717) is 24.0 Å². The van der Waals surface area contributed by atoms with E-state index < -0.39 is 17.8 Å². The van der Waals surface area contributed by atoms with Gasteiger partial charge in [0.1, 0.15) is 12.2 Å². The molecule has 2 N–H and O–H groups in total. The van der Waals surface area contributed by atoms with E-state index in [0.717, 1.165) is 11.1 Å². The number of aromatic nitrogens is 4. The van der Waals surface area contributed by atoms with Crippen LogP contribution in [0.1, 0.15) is 45.2 Å². The molecule has 1 aliphatic carbocycles. The summed E-state index contributed by atoms with van der Waals surface area (Å²) < 4.78 is 13.1. The second kappa shape index (κ2) is 8.58. The first kappa shape index (κ1) is 21.8. The van der Waals surface area contributed by atoms with Crippen molar-refractivity contribution < 1.29 is 19.4 Å². The quantitative estimate of drug-likeness (QED) is 0.580. The van der Waals surface area contributed by atoms with E-state index in [1.165, 1.54) is 0 Å². The predicted molar refractivity (Wildman–Crippen MR) is 119 cm³/mol. The Hall–Kier alpha value is -3.46. The van der Waals surface area contributed by atoms with Crippen LogP contribution in [-0.4, -0.2) is 42.4 Å². The molecule has 2 atom stereocenters. The molecule has 3 aromatic rings. The van der Waals surface area contributed by atoms with Crippen molar-refractivity contribution in [2.75, 3.05) is 5.32 Å². The molecule has 2 aromatic heterocycles. The standard InChI is InChI=1S/C23H27N5O4/c1-14-10-16(29)11-17(14)28-13-24-18-19(28)25-21(27-22(30)32-23(2,3)4)26-20(18)31-12-15-8-6-5-7-9-15/h5-9,13,16-17,29H,1,10-12H2,2-4H3,(H,25,26,27,30). The lowest BCUT2D eigenvalue weighted by molar-refractivity contribution is 0.0634. The molecule has 9 nitrogen and oxygen atoms in total. The summed E-state index contributed by atoms with van der Waals surface area (Å²) in [4.78, 5) is 25.6. The first-order valence-corrected chi connectivity index (χ1v) is 10.5. The molecular formula is C23H27N5O4. The second-order valence-electron chi connectivity index (χ2n) is 8.85. The molecular weight excluding hydrogens is 410 g/mol. The Balaban J connectivity index is 1.69. The zero-order valence-corrected chi connectivity index (χ0v) is 18.4. The minimum atomic E-state index is -0.669. The number of rotatable bonds is 5. The highest BCUT2D eigenvalue weighted by Crippen LogP contribution is 2.37. The summed E-state index contributed by atoms with van der Waals surface area (Å²) in [6.45, 7) is 9.69. The van der Waals surface area contributed by atoms with Crippen LogP contribution < -0.4 is 10.1 Å². The van der Waals surface area contributed by atoms with Crippen molar-refractivity contribution in [3.8, 4) is 5.88 Å². The zero-order valence-electron chi connectivity index (χ0n) is 18.4. The van der Waals surface area contributed by atoms with E-state index in [1.807, 2.05) is 34.9 Å². The topological polar surface area (TPSA) is 111 Å². The predicted octanol–water partition coefficient (Wildman–Crippen LogP) is 4.00. The molecule has 4 rings (SSSR count). The number of nitrogens with zero attached hydrogens (tertiary/aromatic N) is 4. The Morgan fingerprint density at radius 1 is 1.28 bits per heavy atom. The van der Waals surface area contributed by atoms with Crippen LogP contribution in [0.4, 0.5) is 10.7 Å². The maximum atomic E-state index is 12.3. The minimum Gasteiger partial charge on any atom is -0.471 e. The summed E-state index contributed by atoms with van der Waals surface area (Å²) in [5, 5.41) is 12.6. The number of carbonyl (C=O) groups excluding carboxylic acids is 1. The summed E-state index contributed by atoms with van der Waals surface area (Å²) in [5.41, 5.74) is 2.14. The normalized spacial score (nSPS) is 18.7. The fourth-order valence-corrected chi connectivity index (χ4v) is 3.65. The molecule has 1 saturated carbocycles. The van der Waals surface area contributed by atoms with Crippen LogP contribution in [0.15, 0.2) is 48.8 Å². The molecule has 32 heavy (non-hydrogen) atoms. The molecule has 1 aromatic carbocycles. The fourth-order valence-electron chi connectivity index (χ4n) is 3.65. The third-order valence-corrected chi connectivity index (χ3v) is 5.02. The number of carbonyl (C=O) groups is 1. The zero-order chi connectivity index (χ0) is 22.9. The summed E-state index contributed by atoms with van der Waals surface area (Å²) in [5.74, 6) is 0.286. The van der Waals surface area contributed by atoms with Gasteiger partial charge in [-0.3, -0.25) is 5.32 Å². The monoisotopic (exact) mass is 437 g/mol. The number of aliphatic hydroxyl groups excluding tert-OH is 1. The van der Waals surface area contributed by atoms with Gasteiger partial charge in [-0.25, -0.2) is 9.78 Å².